The van der Waals surface area contributed by atoms with Gasteiger partial charge in [0.1, 0.15) is 5.75 Å². The summed E-state index contributed by atoms with van der Waals surface area (Å²) in [4.78, 5) is 12.0. The van der Waals surface area contributed by atoms with Crippen molar-refractivity contribution in [2.75, 3.05) is 12.4 Å². The highest BCUT2D eigenvalue weighted by atomic mass is 35.5. The first-order chi connectivity index (χ1) is 9.76. The molecule has 20 heavy (non-hydrogen) atoms. The van der Waals surface area contributed by atoms with Crippen molar-refractivity contribution in [2.24, 2.45) is 0 Å². The van der Waals surface area contributed by atoms with Gasteiger partial charge in [-0.15, -0.1) is 0 Å². The van der Waals surface area contributed by atoms with Gasteiger partial charge in [-0.1, -0.05) is 36.4 Å². The third-order valence-corrected chi connectivity index (χ3v) is 2.93. The summed E-state index contributed by atoms with van der Waals surface area (Å²) in [6.45, 7) is 0. The molecule has 0 aliphatic heterocycles. The van der Waals surface area contributed by atoms with E-state index in [-0.39, 0.29) is 11.3 Å². The fourth-order valence-electron chi connectivity index (χ4n) is 1.87. The number of anilines is 1. The second-order valence-corrected chi connectivity index (χ2v) is 4.38. The zero-order chi connectivity index (χ0) is 13.9. The molecule has 0 saturated heterocycles. The first kappa shape index (κ1) is 12.6. The maximum Gasteiger partial charge on any atom is 0.328 e. The molecule has 0 saturated carbocycles. The summed E-state index contributed by atoms with van der Waals surface area (Å²) in [7, 11) is 1.70. The van der Waals surface area contributed by atoms with E-state index in [1.165, 1.54) is 0 Å². The van der Waals surface area contributed by atoms with Gasteiger partial charge in [0.2, 0.25) is 11.2 Å². The Kier molecular flexibility index (Phi) is 3.35. The lowest BCUT2D eigenvalue weighted by atomic mass is 10.1. The van der Waals surface area contributed by atoms with Gasteiger partial charge in [-0.05, 0) is 23.1 Å². The smallest absolute Gasteiger partial charge is 0.328 e. The molecule has 1 N–H and O–H groups in total. The molecule has 0 aliphatic rings. The summed E-state index contributed by atoms with van der Waals surface area (Å²) in [6.07, 6.45) is 0. The van der Waals surface area contributed by atoms with Crippen molar-refractivity contribution in [2.45, 2.75) is 0 Å². The van der Waals surface area contributed by atoms with Crippen LogP contribution in [0.2, 0.25) is 5.28 Å². The van der Waals surface area contributed by atoms with E-state index in [2.05, 4.69) is 20.3 Å². The predicted octanol–water partition coefficient (Wildman–Crippen LogP) is 3.51. The Morgan fingerprint density at radius 2 is 1.80 bits per heavy atom. The minimum atomic E-state index is 0.0830. The number of nitrogens with one attached hydrogen (secondary N) is 1. The Morgan fingerprint density at radius 1 is 1.00 bits per heavy atom. The monoisotopic (exact) mass is 286 g/mol. The maximum absolute atomic E-state index is 5.83. The number of aromatic nitrogens is 3. The molecule has 3 rings (SSSR count). The van der Waals surface area contributed by atoms with Crippen molar-refractivity contribution < 1.29 is 4.74 Å². The van der Waals surface area contributed by atoms with Crippen LogP contribution in [0, 0.1) is 0 Å². The molecule has 0 spiro atoms. The summed E-state index contributed by atoms with van der Waals surface area (Å²) in [5, 5.41) is 4.95. The van der Waals surface area contributed by atoms with E-state index in [4.69, 9.17) is 16.3 Å². The summed E-state index contributed by atoms with van der Waals surface area (Å²) < 4.78 is 5.73. The second kappa shape index (κ2) is 5.30. The van der Waals surface area contributed by atoms with E-state index in [0.29, 0.717) is 11.7 Å². The molecule has 1 heterocycles. The van der Waals surface area contributed by atoms with Gasteiger partial charge in [-0.25, -0.2) is 0 Å². The second-order valence-electron chi connectivity index (χ2n) is 4.04. The van der Waals surface area contributed by atoms with Crippen LogP contribution < -0.4 is 10.1 Å². The van der Waals surface area contributed by atoms with E-state index >= 15 is 0 Å². The molecule has 6 heteroatoms. The largest absolute Gasteiger partial charge is 0.423 e. The topological polar surface area (TPSA) is 59.9 Å². The SMILES string of the molecule is CNc1nc(Cl)nc(Oc2cccc3ccccc23)n1. The minimum absolute atomic E-state index is 0.0830. The van der Waals surface area contributed by atoms with Crippen LogP contribution in [0.5, 0.6) is 11.8 Å². The molecule has 1 aromatic heterocycles. The molecule has 2 aromatic carbocycles. The van der Waals surface area contributed by atoms with E-state index in [0.717, 1.165) is 10.8 Å². The van der Waals surface area contributed by atoms with Crippen LogP contribution in [-0.4, -0.2) is 22.0 Å². The summed E-state index contributed by atoms with van der Waals surface area (Å²) >= 11 is 5.83. The van der Waals surface area contributed by atoms with Gasteiger partial charge in [0.15, 0.2) is 0 Å². The molecule has 0 aliphatic carbocycles. The number of hydrogen-bond donors (Lipinski definition) is 1. The van der Waals surface area contributed by atoms with Crippen LogP contribution in [-0.2, 0) is 0 Å². The average molecular weight is 287 g/mol. The maximum atomic E-state index is 5.83. The molecule has 0 unspecified atom stereocenters. The number of benzene rings is 2. The number of ether oxygens (including phenoxy) is 1. The quantitative estimate of drug-likeness (QED) is 0.798. The Balaban J connectivity index is 2.03. The molecule has 0 bridgehead atoms. The summed E-state index contributed by atoms with van der Waals surface area (Å²) in [5.74, 6) is 1.03. The number of hydrogen-bond acceptors (Lipinski definition) is 5. The van der Waals surface area contributed by atoms with Crippen molar-refractivity contribution in [3.05, 3.63) is 47.7 Å². The fourth-order valence-corrected chi connectivity index (χ4v) is 2.02. The van der Waals surface area contributed by atoms with Crippen molar-refractivity contribution >= 4 is 28.3 Å². The van der Waals surface area contributed by atoms with Crippen LogP contribution in [0.4, 0.5) is 5.95 Å². The Bertz CT molecular complexity index is 758. The van der Waals surface area contributed by atoms with Crippen molar-refractivity contribution in [1.82, 2.24) is 15.0 Å². The lowest BCUT2D eigenvalue weighted by Crippen LogP contribution is -2.01. The normalized spacial score (nSPS) is 10.5. The highest BCUT2D eigenvalue weighted by Crippen LogP contribution is 2.28. The van der Waals surface area contributed by atoms with Crippen LogP contribution in [0.25, 0.3) is 10.8 Å². The first-order valence-corrected chi connectivity index (χ1v) is 6.39. The number of nitrogens with zero attached hydrogens (tertiary/aromatic N) is 3. The van der Waals surface area contributed by atoms with Gasteiger partial charge < -0.3 is 10.1 Å². The lowest BCUT2D eigenvalue weighted by molar-refractivity contribution is 0.445. The summed E-state index contributed by atoms with van der Waals surface area (Å²) in [5.41, 5.74) is 0. The molecule has 0 atom stereocenters. The standard InChI is InChI=1S/C14H11ClN4O/c1-16-13-17-12(15)18-14(19-13)20-11-8-4-6-9-5-2-3-7-10(9)11/h2-8H,1H3,(H,16,17,18,19). The molecule has 5 nitrogen and oxygen atoms in total. The molecule has 100 valence electrons. The first-order valence-electron chi connectivity index (χ1n) is 6.01. The molecular weight excluding hydrogens is 276 g/mol. The van der Waals surface area contributed by atoms with Gasteiger partial charge in [0.05, 0.1) is 0 Å². The van der Waals surface area contributed by atoms with Crippen LogP contribution in [0.3, 0.4) is 0 Å². The molecule has 0 amide bonds. The molecular formula is C14H11ClN4O. The predicted molar refractivity (Wildman–Crippen MR) is 78.4 cm³/mol. The minimum Gasteiger partial charge on any atom is -0.423 e. The average Bonchev–Trinajstić information content (AvgIpc) is 2.47. The fraction of sp³-hybridized carbons (Fsp3) is 0.0714. The van der Waals surface area contributed by atoms with Crippen LogP contribution >= 0.6 is 11.6 Å². The van der Waals surface area contributed by atoms with Gasteiger partial charge in [-0.3, -0.25) is 0 Å². The zero-order valence-corrected chi connectivity index (χ0v) is 11.4. The Labute approximate surface area is 120 Å². The van der Waals surface area contributed by atoms with Gasteiger partial charge in [0.25, 0.3) is 0 Å². The Morgan fingerprint density at radius 3 is 2.65 bits per heavy atom. The van der Waals surface area contributed by atoms with Crippen molar-refractivity contribution in [1.29, 1.82) is 0 Å². The number of halogens is 1. The zero-order valence-electron chi connectivity index (χ0n) is 10.7. The number of rotatable bonds is 3. The van der Waals surface area contributed by atoms with Crippen molar-refractivity contribution in [3.8, 4) is 11.8 Å². The van der Waals surface area contributed by atoms with E-state index in [9.17, 15) is 0 Å². The molecule has 0 fully saturated rings. The van der Waals surface area contributed by atoms with Crippen molar-refractivity contribution in [3.63, 3.8) is 0 Å². The van der Waals surface area contributed by atoms with Crippen LogP contribution in [0.15, 0.2) is 42.5 Å². The van der Waals surface area contributed by atoms with Gasteiger partial charge in [-0.2, -0.15) is 15.0 Å². The van der Waals surface area contributed by atoms with E-state index in [1.54, 1.807) is 7.05 Å². The van der Waals surface area contributed by atoms with E-state index in [1.807, 2.05) is 42.5 Å². The lowest BCUT2D eigenvalue weighted by Gasteiger charge is -2.08. The molecule has 0 radical (unpaired) electrons. The number of fused-ring (bicyclic) bond motifs is 1. The Hall–Kier alpha value is -2.40. The summed E-state index contributed by atoms with van der Waals surface area (Å²) in [6, 6.07) is 13.9. The van der Waals surface area contributed by atoms with Gasteiger partial charge >= 0.3 is 6.01 Å². The third kappa shape index (κ3) is 2.48. The van der Waals surface area contributed by atoms with E-state index < -0.39 is 0 Å². The van der Waals surface area contributed by atoms with Crippen LogP contribution in [0.1, 0.15) is 0 Å². The highest BCUT2D eigenvalue weighted by Gasteiger charge is 2.08. The molecule has 3 aromatic rings. The third-order valence-electron chi connectivity index (χ3n) is 2.76. The van der Waals surface area contributed by atoms with Gasteiger partial charge in [0, 0.05) is 12.4 Å². The highest BCUT2D eigenvalue weighted by molar-refractivity contribution is 6.28.